The van der Waals surface area contributed by atoms with E-state index in [1.165, 1.54) is 17.0 Å². The van der Waals surface area contributed by atoms with E-state index >= 15 is 0 Å². The van der Waals surface area contributed by atoms with E-state index in [1.807, 2.05) is 7.05 Å². The topological polar surface area (TPSA) is 113 Å². The van der Waals surface area contributed by atoms with Crippen LogP contribution in [0.5, 0.6) is 0 Å². The number of likely N-dealkylation sites (tertiary alicyclic amines) is 1. The predicted octanol–water partition coefficient (Wildman–Crippen LogP) is -0.497. The van der Waals surface area contributed by atoms with Crippen LogP contribution in [0.25, 0.3) is 0 Å². The van der Waals surface area contributed by atoms with Crippen molar-refractivity contribution in [3.63, 3.8) is 0 Å². The Morgan fingerprint density at radius 1 is 1.24 bits per heavy atom. The van der Waals surface area contributed by atoms with E-state index in [0.29, 0.717) is 5.56 Å². The Kier molecular flexibility index (Phi) is 6.15. The van der Waals surface area contributed by atoms with E-state index in [1.54, 1.807) is 19.2 Å². The summed E-state index contributed by atoms with van der Waals surface area (Å²) in [5.41, 5.74) is 0.676. The van der Waals surface area contributed by atoms with Crippen LogP contribution < -0.4 is 10.5 Å². The number of sulfonamides is 1. The molecule has 0 aromatic heterocycles. The number of piperidine rings is 1. The third kappa shape index (κ3) is 5.25. The van der Waals surface area contributed by atoms with E-state index in [4.69, 9.17) is 5.14 Å². The van der Waals surface area contributed by atoms with E-state index in [0.717, 1.165) is 25.9 Å². The molecule has 0 bridgehead atoms. The molecule has 1 heterocycles. The first-order chi connectivity index (χ1) is 11.7. The molecule has 1 saturated heterocycles. The van der Waals surface area contributed by atoms with Gasteiger partial charge in [0, 0.05) is 19.6 Å². The molecule has 1 aromatic carbocycles. The normalized spacial score (nSPS) is 16.4. The van der Waals surface area contributed by atoms with Gasteiger partial charge in [-0.25, -0.2) is 13.6 Å². The second-order valence-corrected chi connectivity index (χ2v) is 7.88. The van der Waals surface area contributed by atoms with Gasteiger partial charge in [-0.15, -0.1) is 0 Å². The van der Waals surface area contributed by atoms with Crippen LogP contribution in [-0.4, -0.2) is 63.3 Å². The van der Waals surface area contributed by atoms with E-state index in [-0.39, 0.29) is 17.5 Å². The Labute approximate surface area is 148 Å². The molecule has 0 saturated carbocycles. The van der Waals surface area contributed by atoms with Gasteiger partial charge in [0.05, 0.1) is 4.90 Å². The van der Waals surface area contributed by atoms with Crippen molar-refractivity contribution in [2.24, 2.45) is 5.14 Å². The lowest BCUT2D eigenvalue weighted by molar-refractivity contribution is -0.147. The lowest BCUT2D eigenvalue weighted by Crippen LogP contribution is -2.49. The molecule has 0 unspecified atom stereocenters. The lowest BCUT2D eigenvalue weighted by atomic mass is 10.0. The summed E-state index contributed by atoms with van der Waals surface area (Å²) in [4.78, 5) is 28.0. The molecule has 2 rings (SSSR count). The highest BCUT2D eigenvalue weighted by atomic mass is 32.2. The summed E-state index contributed by atoms with van der Waals surface area (Å²) in [6.07, 6.45) is 1.70. The zero-order chi connectivity index (χ0) is 18.6. The minimum atomic E-state index is -3.74. The quantitative estimate of drug-likeness (QED) is 0.696. The Bertz CT molecular complexity index is 725. The minimum Gasteiger partial charge on any atom is -0.344 e. The van der Waals surface area contributed by atoms with Crippen molar-refractivity contribution in [2.45, 2.75) is 30.3 Å². The first kappa shape index (κ1) is 19.4. The fourth-order valence-corrected chi connectivity index (χ4v) is 3.28. The average molecular weight is 368 g/mol. The average Bonchev–Trinajstić information content (AvgIpc) is 2.58. The van der Waals surface area contributed by atoms with Crippen LogP contribution in [0.4, 0.5) is 0 Å². The number of hydrogen-bond donors (Lipinski definition) is 2. The second kappa shape index (κ2) is 7.94. The Morgan fingerprint density at radius 2 is 1.80 bits per heavy atom. The van der Waals surface area contributed by atoms with Crippen molar-refractivity contribution < 1.29 is 18.0 Å². The summed E-state index contributed by atoms with van der Waals surface area (Å²) >= 11 is 0. The van der Waals surface area contributed by atoms with Crippen LogP contribution in [0.1, 0.15) is 18.4 Å². The number of amides is 2. The highest BCUT2D eigenvalue weighted by molar-refractivity contribution is 7.89. The molecule has 1 aliphatic rings. The number of nitrogens with one attached hydrogen (secondary N) is 1. The summed E-state index contributed by atoms with van der Waals surface area (Å²) in [5, 5.41) is 7.60. The Morgan fingerprint density at radius 3 is 2.32 bits per heavy atom. The van der Waals surface area contributed by atoms with Gasteiger partial charge in [0.1, 0.15) is 0 Å². The molecule has 2 amide bonds. The maximum Gasteiger partial charge on any atom is 0.311 e. The summed E-state index contributed by atoms with van der Waals surface area (Å²) in [7, 11) is -0.0583. The van der Waals surface area contributed by atoms with Crippen LogP contribution in [0.2, 0.25) is 0 Å². The summed E-state index contributed by atoms with van der Waals surface area (Å²) in [5.74, 6) is -1.23. The van der Waals surface area contributed by atoms with Gasteiger partial charge in [-0.3, -0.25) is 9.59 Å². The van der Waals surface area contributed by atoms with E-state index < -0.39 is 21.8 Å². The third-order valence-electron chi connectivity index (χ3n) is 4.46. The standard InChI is InChI=1S/C16H24N4O4S/c1-19-9-7-13(8-10-19)20(2)16(22)15(21)18-11-12-3-5-14(6-4-12)25(17,23)24/h3-6,13H,7-11H2,1-2H3,(H,18,21)(H2,17,23,24). The van der Waals surface area contributed by atoms with Crippen LogP contribution in [0.3, 0.4) is 0 Å². The number of carbonyl (C=O) groups is 2. The van der Waals surface area contributed by atoms with Crippen molar-refractivity contribution in [3.8, 4) is 0 Å². The van der Waals surface area contributed by atoms with Crippen molar-refractivity contribution >= 4 is 21.8 Å². The lowest BCUT2D eigenvalue weighted by Gasteiger charge is -2.34. The summed E-state index contributed by atoms with van der Waals surface area (Å²) in [6, 6.07) is 5.90. The molecular weight excluding hydrogens is 344 g/mol. The van der Waals surface area contributed by atoms with Crippen LogP contribution >= 0.6 is 0 Å². The molecule has 8 nitrogen and oxygen atoms in total. The van der Waals surface area contributed by atoms with Gasteiger partial charge in [0.2, 0.25) is 10.0 Å². The third-order valence-corrected chi connectivity index (χ3v) is 5.38. The predicted molar refractivity (Wildman–Crippen MR) is 93.0 cm³/mol. The van der Waals surface area contributed by atoms with Crippen molar-refractivity contribution in [1.29, 1.82) is 0 Å². The van der Waals surface area contributed by atoms with E-state index in [9.17, 15) is 18.0 Å². The van der Waals surface area contributed by atoms with Crippen molar-refractivity contribution in [2.75, 3.05) is 27.2 Å². The number of likely N-dealkylation sites (N-methyl/N-ethyl adjacent to an activating group) is 1. The molecule has 1 fully saturated rings. The molecule has 9 heteroatoms. The van der Waals surface area contributed by atoms with Gasteiger partial charge in [0.15, 0.2) is 0 Å². The molecule has 0 atom stereocenters. The molecule has 138 valence electrons. The Balaban J connectivity index is 1.87. The number of benzene rings is 1. The van der Waals surface area contributed by atoms with Gasteiger partial charge >= 0.3 is 11.8 Å². The molecule has 1 aromatic rings. The highest BCUT2D eigenvalue weighted by Gasteiger charge is 2.27. The minimum absolute atomic E-state index is 0.000604. The van der Waals surface area contributed by atoms with Crippen LogP contribution in [0, 0.1) is 0 Å². The smallest absolute Gasteiger partial charge is 0.311 e. The number of hydrogen-bond acceptors (Lipinski definition) is 5. The fraction of sp³-hybridized carbons (Fsp3) is 0.500. The van der Waals surface area contributed by atoms with E-state index in [2.05, 4.69) is 10.2 Å². The zero-order valence-corrected chi connectivity index (χ0v) is 15.3. The van der Waals surface area contributed by atoms with Gasteiger partial charge < -0.3 is 15.1 Å². The SMILES string of the molecule is CN1CCC(N(C)C(=O)C(=O)NCc2ccc(S(N)(=O)=O)cc2)CC1. The van der Waals surface area contributed by atoms with Gasteiger partial charge in [0.25, 0.3) is 0 Å². The maximum atomic E-state index is 12.2. The van der Waals surface area contributed by atoms with Crippen LogP contribution in [0.15, 0.2) is 29.2 Å². The van der Waals surface area contributed by atoms with Gasteiger partial charge in [-0.1, -0.05) is 12.1 Å². The number of primary sulfonamides is 1. The summed E-state index contributed by atoms with van der Waals surface area (Å²) < 4.78 is 22.4. The molecule has 25 heavy (non-hydrogen) atoms. The van der Waals surface area contributed by atoms with Crippen molar-refractivity contribution in [3.05, 3.63) is 29.8 Å². The van der Waals surface area contributed by atoms with Gasteiger partial charge in [-0.2, -0.15) is 0 Å². The number of nitrogens with two attached hydrogens (primary N) is 1. The van der Waals surface area contributed by atoms with Crippen molar-refractivity contribution in [1.82, 2.24) is 15.1 Å². The Hall–Kier alpha value is -1.97. The molecule has 0 aliphatic carbocycles. The second-order valence-electron chi connectivity index (χ2n) is 6.32. The number of rotatable bonds is 4. The zero-order valence-electron chi connectivity index (χ0n) is 14.4. The molecule has 0 radical (unpaired) electrons. The first-order valence-electron chi connectivity index (χ1n) is 8.04. The van der Waals surface area contributed by atoms with Crippen LogP contribution in [-0.2, 0) is 26.2 Å². The first-order valence-corrected chi connectivity index (χ1v) is 9.58. The maximum absolute atomic E-state index is 12.2. The highest BCUT2D eigenvalue weighted by Crippen LogP contribution is 2.14. The molecule has 1 aliphatic heterocycles. The number of carbonyl (C=O) groups excluding carboxylic acids is 2. The number of nitrogens with zero attached hydrogens (tertiary/aromatic N) is 2. The van der Waals surface area contributed by atoms with Gasteiger partial charge in [-0.05, 0) is 50.7 Å². The summed E-state index contributed by atoms with van der Waals surface area (Å²) in [6.45, 7) is 1.94. The molecular formula is C16H24N4O4S. The monoisotopic (exact) mass is 368 g/mol. The molecule has 0 spiro atoms. The largest absolute Gasteiger partial charge is 0.344 e. The molecule has 3 N–H and O–H groups in total. The fourth-order valence-electron chi connectivity index (χ4n) is 2.76.